The molecule has 1 unspecified atom stereocenters. The van der Waals surface area contributed by atoms with Gasteiger partial charge in [-0.1, -0.05) is 44.4 Å². The van der Waals surface area contributed by atoms with Crippen molar-refractivity contribution in [2.75, 3.05) is 6.61 Å². The number of alkyl halides is 3. The molecule has 22 heavy (non-hydrogen) atoms. The molecule has 0 N–H and O–H groups in total. The number of sulfone groups is 1. The van der Waals surface area contributed by atoms with Crippen molar-refractivity contribution in [2.45, 2.75) is 45.8 Å². The molecule has 0 heterocycles. The van der Waals surface area contributed by atoms with Crippen LogP contribution in [0.15, 0.2) is 23.8 Å². The highest BCUT2D eigenvalue weighted by Gasteiger charge is 2.41. The summed E-state index contributed by atoms with van der Waals surface area (Å²) in [7, 11) is -3.58. The zero-order valence-electron chi connectivity index (χ0n) is 12.2. The Labute approximate surface area is 157 Å². The maximum atomic E-state index is 12.3. The van der Waals surface area contributed by atoms with E-state index in [1.54, 1.807) is 12.2 Å². The number of rotatable bonds is 7. The van der Waals surface area contributed by atoms with Crippen LogP contribution in [0.4, 0.5) is 0 Å². The maximum Gasteiger partial charge on any atom is 0.337 e. The Morgan fingerprint density at radius 1 is 1.32 bits per heavy atom. The minimum atomic E-state index is -3.58. The maximum absolute atomic E-state index is 12.3. The third-order valence-electron chi connectivity index (χ3n) is 3.22. The van der Waals surface area contributed by atoms with E-state index in [1.807, 2.05) is 0 Å². The first-order chi connectivity index (χ1) is 10.2. The van der Waals surface area contributed by atoms with E-state index in [9.17, 15) is 13.2 Å². The molecule has 1 aliphatic carbocycles. The molecule has 0 amide bonds. The quantitative estimate of drug-likeness (QED) is 0.279. The Kier molecular flexibility index (Phi) is 8.33. The Balaban J connectivity index is 2.67. The van der Waals surface area contributed by atoms with Crippen molar-refractivity contribution >= 4 is 63.6 Å². The fraction of sp³-hybridized carbons (Fsp3) is 0.643. The van der Waals surface area contributed by atoms with Gasteiger partial charge in [-0.15, -0.1) is 0 Å². The van der Waals surface area contributed by atoms with E-state index in [4.69, 9.17) is 4.74 Å². The Morgan fingerprint density at radius 2 is 2.00 bits per heavy atom. The molecule has 0 spiro atoms. The van der Waals surface area contributed by atoms with Crippen LogP contribution in [-0.4, -0.2) is 27.7 Å². The molecule has 0 radical (unpaired) electrons. The number of hydrogen-bond acceptors (Lipinski definition) is 4. The van der Waals surface area contributed by atoms with Gasteiger partial charge in [0.25, 0.3) is 0 Å². The van der Waals surface area contributed by atoms with Crippen molar-refractivity contribution in [3.8, 4) is 0 Å². The van der Waals surface area contributed by atoms with Gasteiger partial charge in [-0.3, -0.25) is 0 Å². The van der Waals surface area contributed by atoms with Crippen molar-refractivity contribution in [1.29, 1.82) is 0 Å². The van der Waals surface area contributed by atoms with Gasteiger partial charge in [0, 0.05) is 0 Å². The Morgan fingerprint density at radius 3 is 2.59 bits per heavy atom. The van der Waals surface area contributed by atoms with Gasteiger partial charge in [0.1, 0.15) is 0 Å². The Hall–Kier alpha value is 0.340. The molecule has 0 aromatic carbocycles. The van der Waals surface area contributed by atoms with Crippen molar-refractivity contribution in [3.63, 3.8) is 0 Å². The topological polar surface area (TPSA) is 60.4 Å². The largest absolute Gasteiger partial charge is 0.462 e. The van der Waals surface area contributed by atoms with Crippen LogP contribution in [-0.2, 0) is 19.4 Å². The minimum absolute atomic E-state index is 0.284. The summed E-state index contributed by atoms with van der Waals surface area (Å²) in [5, 5.41) is -0.793. The van der Waals surface area contributed by atoms with Crippen LogP contribution in [0.3, 0.4) is 0 Å². The Bertz CT molecular complexity index is 547. The van der Waals surface area contributed by atoms with E-state index in [0.29, 0.717) is 13.0 Å². The second-order valence-corrected chi connectivity index (χ2v) is 15.6. The molecule has 0 fully saturated rings. The van der Waals surface area contributed by atoms with Crippen LogP contribution >= 0.6 is 47.8 Å². The smallest absolute Gasteiger partial charge is 0.337 e. The van der Waals surface area contributed by atoms with Gasteiger partial charge in [-0.25, -0.2) is 13.2 Å². The molecule has 4 nitrogen and oxygen atoms in total. The van der Waals surface area contributed by atoms with E-state index in [-0.39, 0.29) is 5.57 Å². The molecule has 126 valence electrons. The standard InChI is InChI=1S/C14H19Br3O4S/c1-2-3-4-5-9-21-13(18)11-7-6-8-12(10-11)22(19,20)14(15,16)17/h6-7,10,12H,2-5,8-9H2,1H3. The predicted molar refractivity (Wildman–Crippen MR) is 99.2 cm³/mol. The summed E-state index contributed by atoms with van der Waals surface area (Å²) < 4.78 is 28.5. The molecule has 0 saturated carbocycles. The fourth-order valence-corrected chi connectivity index (χ4v) is 5.15. The summed E-state index contributed by atoms with van der Waals surface area (Å²) in [6, 6.07) is 0. The normalized spacial score (nSPS) is 18.9. The molecule has 0 saturated heterocycles. The molecular formula is C14H19Br3O4S. The van der Waals surface area contributed by atoms with Gasteiger partial charge in [0.2, 0.25) is 1.47 Å². The summed E-state index contributed by atoms with van der Waals surface area (Å²) in [5.74, 6) is -0.475. The van der Waals surface area contributed by atoms with E-state index in [2.05, 4.69) is 54.7 Å². The van der Waals surface area contributed by atoms with Gasteiger partial charge >= 0.3 is 5.97 Å². The third-order valence-corrected chi connectivity index (χ3v) is 9.05. The number of esters is 1. The molecule has 8 heteroatoms. The molecule has 1 rings (SSSR count). The highest BCUT2D eigenvalue weighted by atomic mass is 80.0. The monoisotopic (exact) mass is 520 g/mol. The van der Waals surface area contributed by atoms with Crippen molar-refractivity contribution < 1.29 is 17.9 Å². The summed E-state index contributed by atoms with van der Waals surface area (Å²) in [6.45, 7) is 2.47. The number of carbonyl (C=O) groups is 1. The lowest BCUT2D eigenvalue weighted by Crippen LogP contribution is -2.31. The number of ether oxygens (including phenoxy) is 1. The lowest BCUT2D eigenvalue weighted by molar-refractivity contribution is -0.138. The van der Waals surface area contributed by atoms with Crippen molar-refractivity contribution in [2.24, 2.45) is 0 Å². The van der Waals surface area contributed by atoms with E-state index < -0.39 is 22.5 Å². The fourth-order valence-electron chi connectivity index (χ4n) is 1.95. The van der Waals surface area contributed by atoms with Crippen molar-refractivity contribution in [3.05, 3.63) is 23.8 Å². The number of hydrogen-bond donors (Lipinski definition) is 0. The van der Waals surface area contributed by atoms with Crippen LogP contribution in [0.2, 0.25) is 0 Å². The highest BCUT2D eigenvalue weighted by Crippen LogP contribution is 2.43. The number of unbranched alkanes of at least 4 members (excludes halogenated alkanes) is 3. The van der Waals surface area contributed by atoms with Crippen LogP contribution in [0.25, 0.3) is 0 Å². The molecule has 1 aliphatic rings. The summed E-state index contributed by atoms with van der Waals surface area (Å²) in [5.41, 5.74) is 0.284. The molecule has 1 atom stereocenters. The average molecular weight is 523 g/mol. The third kappa shape index (κ3) is 5.76. The van der Waals surface area contributed by atoms with Gasteiger partial charge in [-0.05, 0) is 60.6 Å². The second kappa shape index (κ2) is 8.99. The van der Waals surface area contributed by atoms with E-state index in [1.165, 1.54) is 6.08 Å². The van der Waals surface area contributed by atoms with Crippen molar-refractivity contribution in [1.82, 2.24) is 0 Å². The molecule has 0 aromatic rings. The summed E-state index contributed by atoms with van der Waals surface area (Å²) in [4.78, 5) is 12.0. The zero-order chi connectivity index (χ0) is 16.8. The lowest BCUT2D eigenvalue weighted by atomic mass is 10.1. The molecule has 0 bridgehead atoms. The van der Waals surface area contributed by atoms with Gasteiger partial charge < -0.3 is 4.74 Å². The lowest BCUT2D eigenvalue weighted by Gasteiger charge is -2.22. The summed E-state index contributed by atoms with van der Waals surface area (Å²) in [6.07, 6.45) is 9.13. The van der Waals surface area contributed by atoms with E-state index in [0.717, 1.165) is 25.7 Å². The van der Waals surface area contributed by atoms with Crippen LogP contribution < -0.4 is 0 Å². The SMILES string of the molecule is CCCCCCOC(=O)C1=CC(S(=O)(=O)C(Br)(Br)Br)CC=C1. The first-order valence-electron chi connectivity index (χ1n) is 7.05. The van der Waals surface area contributed by atoms with Crippen LogP contribution in [0, 0.1) is 0 Å². The molecular weight excluding hydrogens is 504 g/mol. The molecule has 0 aromatic heterocycles. The first-order valence-corrected chi connectivity index (χ1v) is 11.0. The first kappa shape index (κ1) is 20.4. The van der Waals surface area contributed by atoms with Gasteiger partial charge in [0.15, 0.2) is 9.84 Å². The molecule has 0 aliphatic heterocycles. The van der Waals surface area contributed by atoms with Crippen LogP contribution in [0.5, 0.6) is 0 Å². The van der Waals surface area contributed by atoms with Gasteiger partial charge in [0.05, 0.1) is 17.4 Å². The van der Waals surface area contributed by atoms with Crippen LogP contribution in [0.1, 0.15) is 39.0 Å². The summed E-state index contributed by atoms with van der Waals surface area (Å²) >= 11 is 9.10. The number of allylic oxidation sites excluding steroid dienone is 1. The van der Waals surface area contributed by atoms with E-state index >= 15 is 0 Å². The zero-order valence-corrected chi connectivity index (χ0v) is 17.8. The highest BCUT2D eigenvalue weighted by molar-refractivity contribution is 9.42. The van der Waals surface area contributed by atoms with Gasteiger partial charge in [-0.2, -0.15) is 0 Å². The minimum Gasteiger partial charge on any atom is -0.462 e. The second-order valence-electron chi connectivity index (χ2n) is 4.99. The number of halogens is 3. The predicted octanol–water partition coefficient (Wildman–Crippen LogP) is 4.58. The number of carbonyl (C=O) groups excluding carboxylic acids is 1. The average Bonchev–Trinajstić information content (AvgIpc) is 2.45.